The number of nitrogens with one attached hydrogen (secondary N) is 1. The van der Waals surface area contributed by atoms with E-state index in [1.165, 1.54) is 24.6 Å². The van der Waals surface area contributed by atoms with Crippen molar-refractivity contribution in [1.29, 1.82) is 0 Å². The van der Waals surface area contributed by atoms with E-state index in [2.05, 4.69) is 15.2 Å². The van der Waals surface area contributed by atoms with Gasteiger partial charge in [0.15, 0.2) is 0 Å². The number of H-pyrrole nitrogens is 1. The Bertz CT molecular complexity index is 821. The second-order valence-electron chi connectivity index (χ2n) is 6.92. The number of thioether (sulfide) groups is 1. The fourth-order valence-corrected chi connectivity index (χ4v) is 4.25. The van der Waals surface area contributed by atoms with E-state index in [1.807, 2.05) is 23.1 Å². The summed E-state index contributed by atoms with van der Waals surface area (Å²) in [5.41, 5.74) is 1.00. The van der Waals surface area contributed by atoms with E-state index >= 15 is 0 Å². The summed E-state index contributed by atoms with van der Waals surface area (Å²) in [7, 11) is 3.30. The normalized spacial score (nSPS) is 19.3. The van der Waals surface area contributed by atoms with Crippen molar-refractivity contribution < 1.29 is 14.3 Å². The Morgan fingerprint density at radius 1 is 1.30 bits per heavy atom. The van der Waals surface area contributed by atoms with Gasteiger partial charge in [0.25, 0.3) is 0 Å². The molecule has 7 nitrogen and oxygen atoms in total. The molecule has 0 radical (unpaired) electrons. The number of hydrogen-bond acceptors (Lipinski definition) is 6. The molecule has 4 rings (SSSR count). The highest BCUT2D eigenvalue weighted by atomic mass is 32.2. The number of carbonyl (C=O) groups is 1. The van der Waals surface area contributed by atoms with E-state index in [4.69, 9.17) is 9.47 Å². The first-order valence-corrected chi connectivity index (χ1v) is 10.2. The van der Waals surface area contributed by atoms with E-state index in [0.717, 1.165) is 42.3 Å². The Kier molecular flexibility index (Phi) is 5.24. The Hall–Kier alpha value is -2.22. The summed E-state index contributed by atoms with van der Waals surface area (Å²) in [6.07, 6.45) is 4.26. The molecule has 0 bridgehead atoms. The van der Waals surface area contributed by atoms with Crippen LogP contribution < -0.4 is 9.47 Å². The fourth-order valence-electron chi connectivity index (χ4n) is 3.56. The molecule has 1 N–H and O–H groups in total. The number of amides is 1. The maximum Gasteiger partial charge on any atom is 0.233 e. The van der Waals surface area contributed by atoms with Gasteiger partial charge in [-0.15, -0.1) is 5.10 Å². The second-order valence-corrected chi connectivity index (χ2v) is 7.86. The minimum absolute atomic E-state index is 0.0114. The molecule has 2 heterocycles. The van der Waals surface area contributed by atoms with Crippen molar-refractivity contribution in [3.8, 4) is 11.5 Å². The Labute approximate surface area is 162 Å². The van der Waals surface area contributed by atoms with Crippen LogP contribution in [0.25, 0.3) is 0 Å². The van der Waals surface area contributed by atoms with Gasteiger partial charge in [-0.1, -0.05) is 11.8 Å². The molecule has 0 spiro atoms. The van der Waals surface area contributed by atoms with Gasteiger partial charge in [-0.2, -0.15) is 0 Å². The highest BCUT2D eigenvalue weighted by molar-refractivity contribution is 7.99. The molecule has 1 aliphatic carbocycles. The number of rotatable bonds is 7. The van der Waals surface area contributed by atoms with Crippen LogP contribution in [0.1, 0.15) is 49.0 Å². The summed E-state index contributed by atoms with van der Waals surface area (Å²) >= 11 is 1.40. The van der Waals surface area contributed by atoms with Gasteiger partial charge in [-0.25, -0.2) is 4.98 Å². The van der Waals surface area contributed by atoms with Gasteiger partial charge in [0.2, 0.25) is 11.1 Å². The summed E-state index contributed by atoms with van der Waals surface area (Å²) in [5.74, 6) is 3.48. The Morgan fingerprint density at radius 3 is 2.89 bits per heavy atom. The molecule has 2 aliphatic rings. The first-order chi connectivity index (χ1) is 13.2. The molecule has 2 aromatic rings. The number of ether oxygens (including phenoxy) is 2. The van der Waals surface area contributed by atoms with Crippen molar-refractivity contribution in [3.63, 3.8) is 0 Å². The van der Waals surface area contributed by atoms with Crippen molar-refractivity contribution >= 4 is 17.7 Å². The summed E-state index contributed by atoms with van der Waals surface area (Å²) in [6.45, 7) is 0.756. The van der Waals surface area contributed by atoms with Crippen LogP contribution in [0.4, 0.5) is 0 Å². The quantitative estimate of drug-likeness (QED) is 0.734. The van der Waals surface area contributed by atoms with Crippen LogP contribution in [0.2, 0.25) is 0 Å². The Morgan fingerprint density at radius 2 is 2.15 bits per heavy atom. The Balaban J connectivity index is 1.44. The van der Waals surface area contributed by atoms with Crippen molar-refractivity contribution in [1.82, 2.24) is 20.1 Å². The van der Waals surface area contributed by atoms with Crippen LogP contribution in [0, 0.1) is 0 Å². The molecule has 2 fully saturated rings. The number of benzene rings is 1. The maximum atomic E-state index is 12.9. The summed E-state index contributed by atoms with van der Waals surface area (Å²) < 4.78 is 10.9. The molecule has 1 saturated carbocycles. The zero-order valence-corrected chi connectivity index (χ0v) is 16.4. The van der Waals surface area contributed by atoms with E-state index in [-0.39, 0.29) is 11.9 Å². The fraction of sp³-hybridized carbons (Fsp3) is 0.526. The molecule has 1 saturated heterocycles. The molecular formula is C19H24N4O3S. The standard InChI is InChI=1S/C19H24N4O3S/c1-25-13-7-8-16(26-2)14(10-13)15-4-3-9-23(15)17(24)11-27-19-20-18(21-22-19)12-5-6-12/h7-8,10,12,15H,3-6,9,11H2,1-2H3,(H,20,21,22). The number of likely N-dealkylation sites (tertiary alicyclic amines) is 1. The van der Waals surface area contributed by atoms with Crippen molar-refractivity contribution in [3.05, 3.63) is 29.6 Å². The number of hydrogen-bond donors (Lipinski definition) is 1. The number of nitrogens with zero attached hydrogens (tertiary/aromatic N) is 3. The minimum atomic E-state index is 0.0114. The molecule has 1 aliphatic heterocycles. The van der Waals surface area contributed by atoms with Crippen molar-refractivity contribution in [2.75, 3.05) is 26.5 Å². The number of aromatic nitrogens is 3. The van der Waals surface area contributed by atoms with E-state index in [1.54, 1.807) is 14.2 Å². The lowest BCUT2D eigenvalue weighted by atomic mass is 10.0. The minimum Gasteiger partial charge on any atom is -0.497 e. The molecule has 1 unspecified atom stereocenters. The maximum absolute atomic E-state index is 12.9. The van der Waals surface area contributed by atoms with Gasteiger partial charge >= 0.3 is 0 Å². The smallest absolute Gasteiger partial charge is 0.233 e. The van der Waals surface area contributed by atoms with Gasteiger partial charge in [-0.05, 0) is 43.9 Å². The first kappa shape index (κ1) is 18.2. The molecule has 1 atom stereocenters. The average molecular weight is 388 g/mol. The van der Waals surface area contributed by atoms with E-state index < -0.39 is 0 Å². The average Bonchev–Trinajstić information content (AvgIpc) is 3.24. The predicted octanol–water partition coefficient (Wildman–Crippen LogP) is 3.16. The summed E-state index contributed by atoms with van der Waals surface area (Å²) in [4.78, 5) is 19.3. The van der Waals surface area contributed by atoms with E-state index in [0.29, 0.717) is 16.8 Å². The molecule has 1 aromatic heterocycles. The number of aromatic amines is 1. The predicted molar refractivity (Wildman–Crippen MR) is 102 cm³/mol. The second kappa shape index (κ2) is 7.80. The molecule has 27 heavy (non-hydrogen) atoms. The summed E-state index contributed by atoms with van der Waals surface area (Å²) in [5, 5.41) is 7.86. The van der Waals surface area contributed by atoms with Gasteiger partial charge < -0.3 is 14.4 Å². The van der Waals surface area contributed by atoms with Crippen LogP contribution in [0.3, 0.4) is 0 Å². The first-order valence-electron chi connectivity index (χ1n) is 9.26. The highest BCUT2D eigenvalue weighted by Gasteiger charge is 2.32. The van der Waals surface area contributed by atoms with Crippen LogP contribution in [-0.2, 0) is 4.79 Å². The zero-order chi connectivity index (χ0) is 18.8. The van der Waals surface area contributed by atoms with Crippen molar-refractivity contribution in [2.24, 2.45) is 0 Å². The lowest BCUT2D eigenvalue weighted by molar-refractivity contribution is -0.129. The van der Waals surface area contributed by atoms with E-state index in [9.17, 15) is 4.79 Å². The molecular weight excluding hydrogens is 364 g/mol. The topological polar surface area (TPSA) is 80.3 Å². The zero-order valence-electron chi connectivity index (χ0n) is 15.6. The lowest BCUT2D eigenvalue weighted by Gasteiger charge is -2.26. The molecule has 1 amide bonds. The van der Waals surface area contributed by atoms with Gasteiger partial charge in [-0.3, -0.25) is 9.89 Å². The van der Waals surface area contributed by atoms with Crippen molar-refractivity contribution in [2.45, 2.75) is 42.8 Å². The number of methoxy groups -OCH3 is 2. The van der Waals surface area contributed by atoms with Crippen LogP contribution in [-0.4, -0.2) is 52.5 Å². The summed E-state index contributed by atoms with van der Waals surface area (Å²) in [6, 6.07) is 5.76. The lowest BCUT2D eigenvalue weighted by Crippen LogP contribution is -2.32. The van der Waals surface area contributed by atoms with Gasteiger partial charge in [0.1, 0.15) is 17.3 Å². The third kappa shape index (κ3) is 3.90. The monoisotopic (exact) mass is 388 g/mol. The SMILES string of the molecule is COc1ccc(OC)c(C2CCCN2C(=O)CSc2n[nH]c(C3CC3)n2)c1. The van der Waals surface area contributed by atoms with Crippen LogP contribution in [0.5, 0.6) is 11.5 Å². The van der Waals surface area contributed by atoms with Crippen LogP contribution >= 0.6 is 11.8 Å². The molecule has 8 heteroatoms. The van der Waals surface area contributed by atoms with Gasteiger partial charge in [0, 0.05) is 18.0 Å². The number of carbonyl (C=O) groups excluding carboxylic acids is 1. The largest absolute Gasteiger partial charge is 0.497 e. The van der Waals surface area contributed by atoms with Gasteiger partial charge in [0.05, 0.1) is 26.0 Å². The molecule has 1 aromatic carbocycles. The molecule has 144 valence electrons. The highest BCUT2D eigenvalue weighted by Crippen LogP contribution is 2.40. The van der Waals surface area contributed by atoms with Crippen LogP contribution in [0.15, 0.2) is 23.4 Å². The third-order valence-corrected chi connectivity index (χ3v) is 5.97. The third-order valence-electron chi connectivity index (χ3n) is 5.14.